The van der Waals surface area contributed by atoms with E-state index in [0.29, 0.717) is 0 Å². The standard InChI is InChI=1S/C9H19N3O3S2/c1-4-7(9(10)16)17(14,15)11-5-8(13)12-6(2)3/h6-7,11H,4-5H2,1-3H3,(H2,10,16)(H,12,13). The lowest BCUT2D eigenvalue weighted by atomic mass is 10.3. The number of sulfonamides is 1. The zero-order valence-corrected chi connectivity index (χ0v) is 11.8. The average Bonchev–Trinajstić information content (AvgIpc) is 2.13. The third kappa shape index (κ3) is 5.94. The highest BCUT2D eigenvalue weighted by Gasteiger charge is 2.26. The molecule has 0 aliphatic heterocycles. The van der Waals surface area contributed by atoms with Crippen molar-refractivity contribution in [3.05, 3.63) is 0 Å². The number of thiocarbonyl (C=S) groups is 1. The van der Waals surface area contributed by atoms with Crippen molar-refractivity contribution in [3.8, 4) is 0 Å². The van der Waals surface area contributed by atoms with E-state index in [9.17, 15) is 13.2 Å². The van der Waals surface area contributed by atoms with Crippen LogP contribution in [0.1, 0.15) is 27.2 Å². The van der Waals surface area contributed by atoms with Gasteiger partial charge in [0, 0.05) is 6.04 Å². The fourth-order valence-electron chi connectivity index (χ4n) is 1.21. The minimum Gasteiger partial charge on any atom is -0.392 e. The minimum atomic E-state index is -3.68. The normalized spacial score (nSPS) is 13.4. The lowest BCUT2D eigenvalue weighted by molar-refractivity contribution is -0.120. The molecule has 0 aromatic heterocycles. The first-order valence-corrected chi connectivity index (χ1v) is 7.23. The summed E-state index contributed by atoms with van der Waals surface area (Å²) in [6.45, 7) is 4.93. The molecule has 1 amide bonds. The fraction of sp³-hybridized carbons (Fsp3) is 0.778. The molecule has 0 saturated heterocycles. The quantitative estimate of drug-likeness (QED) is 0.546. The molecule has 0 aliphatic carbocycles. The van der Waals surface area contributed by atoms with Gasteiger partial charge in [0.05, 0.1) is 11.5 Å². The lowest BCUT2D eigenvalue weighted by Crippen LogP contribution is -2.46. The summed E-state index contributed by atoms with van der Waals surface area (Å²) in [5.74, 6) is -0.388. The number of carbonyl (C=O) groups is 1. The smallest absolute Gasteiger partial charge is 0.235 e. The Morgan fingerprint density at radius 3 is 2.29 bits per heavy atom. The molecule has 100 valence electrons. The van der Waals surface area contributed by atoms with E-state index in [-0.39, 0.29) is 29.9 Å². The van der Waals surface area contributed by atoms with Gasteiger partial charge in [-0.15, -0.1) is 0 Å². The van der Waals surface area contributed by atoms with Gasteiger partial charge in [-0.1, -0.05) is 19.1 Å². The average molecular weight is 281 g/mol. The number of carbonyl (C=O) groups excluding carboxylic acids is 1. The fourth-order valence-corrected chi connectivity index (χ4v) is 3.04. The molecule has 0 fully saturated rings. The van der Waals surface area contributed by atoms with Gasteiger partial charge in [0.15, 0.2) is 0 Å². The summed E-state index contributed by atoms with van der Waals surface area (Å²) in [6.07, 6.45) is 0.274. The Kier molecular flexibility index (Phi) is 6.58. The Labute approximate surface area is 107 Å². The van der Waals surface area contributed by atoms with Gasteiger partial charge in [0.1, 0.15) is 5.25 Å². The molecular weight excluding hydrogens is 262 g/mol. The Balaban J connectivity index is 4.46. The van der Waals surface area contributed by atoms with E-state index in [1.807, 2.05) is 0 Å². The van der Waals surface area contributed by atoms with Crippen LogP contribution in [0.2, 0.25) is 0 Å². The molecule has 0 heterocycles. The van der Waals surface area contributed by atoms with Crippen LogP contribution in [0.4, 0.5) is 0 Å². The molecule has 1 unspecified atom stereocenters. The second-order valence-electron chi connectivity index (χ2n) is 3.89. The molecule has 0 rings (SSSR count). The second kappa shape index (κ2) is 6.87. The van der Waals surface area contributed by atoms with E-state index in [1.165, 1.54) is 0 Å². The van der Waals surface area contributed by atoms with Crippen LogP contribution in [0.3, 0.4) is 0 Å². The molecule has 17 heavy (non-hydrogen) atoms. The van der Waals surface area contributed by atoms with Crippen LogP contribution in [0.5, 0.6) is 0 Å². The van der Waals surface area contributed by atoms with Crippen LogP contribution in [0, 0.1) is 0 Å². The molecule has 0 spiro atoms. The van der Waals surface area contributed by atoms with E-state index in [0.717, 1.165) is 0 Å². The number of nitrogens with one attached hydrogen (secondary N) is 2. The van der Waals surface area contributed by atoms with Crippen molar-refractivity contribution in [2.24, 2.45) is 5.73 Å². The first-order chi connectivity index (χ1) is 7.70. The summed E-state index contributed by atoms with van der Waals surface area (Å²) in [5, 5.41) is 1.63. The monoisotopic (exact) mass is 281 g/mol. The molecule has 8 heteroatoms. The molecule has 0 saturated carbocycles. The zero-order chi connectivity index (χ0) is 13.6. The van der Waals surface area contributed by atoms with Crippen molar-refractivity contribution >= 4 is 33.1 Å². The topological polar surface area (TPSA) is 101 Å². The van der Waals surface area contributed by atoms with Gasteiger partial charge in [0.2, 0.25) is 15.9 Å². The summed E-state index contributed by atoms with van der Waals surface area (Å²) in [7, 11) is -3.68. The second-order valence-corrected chi connectivity index (χ2v) is 6.31. The summed E-state index contributed by atoms with van der Waals surface area (Å²) in [6, 6.07) is -0.0374. The maximum Gasteiger partial charge on any atom is 0.235 e. The Bertz CT molecular complexity index is 379. The number of rotatable bonds is 7. The predicted molar refractivity (Wildman–Crippen MR) is 71.1 cm³/mol. The van der Waals surface area contributed by atoms with Gasteiger partial charge in [0.25, 0.3) is 0 Å². The van der Waals surface area contributed by atoms with Gasteiger partial charge in [-0.3, -0.25) is 4.79 Å². The van der Waals surface area contributed by atoms with Crippen LogP contribution in [-0.2, 0) is 14.8 Å². The Hall–Kier alpha value is -0.730. The van der Waals surface area contributed by atoms with Crippen LogP contribution in [0.25, 0.3) is 0 Å². The van der Waals surface area contributed by atoms with E-state index < -0.39 is 15.3 Å². The van der Waals surface area contributed by atoms with Gasteiger partial charge in [-0.05, 0) is 20.3 Å². The predicted octanol–water partition coefficient (Wildman–Crippen LogP) is -0.505. The Morgan fingerprint density at radius 1 is 1.41 bits per heavy atom. The van der Waals surface area contributed by atoms with Crippen molar-refractivity contribution < 1.29 is 13.2 Å². The highest BCUT2D eigenvalue weighted by Crippen LogP contribution is 2.04. The first kappa shape index (κ1) is 16.3. The van der Waals surface area contributed by atoms with Crippen LogP contribution >= 0.6 is 12.2 Å². The molecule has 0 aromatic rings. The lowest BCUT2D eigenvalue weighted by Gasteiger charge is -2.15. The van der Waals surface area contributed by atoms with Crippen molar-refractivity contribution in [1.29, 1.82) is 0 Å². The molecular formula is C9H19N3O3S2. The van der Waals surface area contributed by atoms with Crippen molar-refractivity contribution in [2.45, 2.75) is 38.5 Å². The molecule has 0 radical (unpaired) electrons. The molecule has 0 aromatic carbocycles. The molecule has 6 nitrogen and oxygen atoms in total. The van der Waals surface area contributed by atoms with Crippen LogP contribution < -0.4 is 15.8 Å². The SMILES string of the molecule is CCC(C(N)=S)S(=O)(=O)NCC(=O)NC(C)C. The van der Waals surface area contributed by atoms with Crippen molar-refractivity contribution in [3.63, 3.8) is 0 Å². The first-order valence-electron chi connectivity index (χ1n) is 5.27. The maximum absolute atomic E-state index is 11.7. The third-order valence-electron chi connectivity index (χ3n) is 1.95. The summed E-state index contributed by atoms with van der Waals surface area (Å²) in [4.78, 5) is 11.2. The van der Waals surface area contributed by atoms with E-state index in [4.69, 9.17) is 5.73 Å². The largest absolute Gasteiger partial charge is 0.392 e. The minimum absolute atomic E-state index is 0.0374. The summed E-state index contributed by atoms with van der Waals surface area (Å²) >= 11 is 4.67. The van der Waals surface area contributed by atoms with Gasteiger partial charge in [-0.2, -0.15) is 0 Å². The number of hydrogen-bond acceptors (Lipinski definition) is 4. The summed E-state index contributed by atoms with van der Waals surface area (Å²) < 4.78 is 25.7. The Morgan fingerprint density at radius 2 is 1.94 bits per heavy atom. The van der Waals surface area contributed by atoms with Gasteiger partial charge in [-0.25, -0.2) is 13.1 Å². The van der Waals surface area contributed by atoms with E-state index >= 15 is 0 Å². The zero-order valence-electron chi connectivity index (χ0n) is 10.2. The summed E-state index contributed by atoms with van der Waals surface area (Å²) in [5.41, 5.74) is 5.33. The van der Waals surface area contributed by atoms with E-state index in [1.54, 1.807) is 20.8 Å². The molecule has 4 N–H and O–H groups in total. The number of nitrogens with two attached hydrogens (primary N) is 1. The van der Waals surface area contributed by atoms with Crippen molar-refractivity contribution in [2.75, 3.05) is 6.54 Å². The van der Waals surface area contributed by atoms with E-state index in [2.05, 4.69) is 22.3 Å². The number of hydrogen-bond donors (Lipinski definition) is 3. The van der Waals surface area contributed by atoms with Gasteiger partial charge < -0.3 is 11.1 Å². The maximum atomic E-state index is 11.7. The van der Waals surface area contributed by atoms with Crippen molar-refractivity contribution in [1.82, 2.24) is 10.0 Å². The number of amides is 1. The van der Waals surface area contributed by atoms with Gasteiger partial charge >= 0.3 is 0 Å². The van der Waals surface area contributed by atoms with Crippen LogP contribution in [-0.4, -0.2) is 37.2 Å². The molecule has 0 aliphatic rings. The molecule has 1 atom stereocenters. The highest BCUT2D eigenvalue weighted by atomic mass is 32.2. The molecule has 0 bridgehead atoms. The third-order valence-corrected chi connectivity index (χ3v) is 4.26. The van der Waals surface area contributed by atoms with Crippen LogP contribution in [0.15, 0.2) is 0 Å². The highest BCUT2D eigenvalue weighted by molar-refractivity contribution is 7.93.